The average molecular weight is 913 g/mol. The van der Waals surface area contributed by atoms with Crippen LogP contribution in [-0.4, -0.2) is 93.6 Å². The van der Waals surface area contributed by atoms with Crippen LogP contribution in [0.5, 0.6) is 11.5 Å². The molecule has 3 aromatic carbocycles. The molecule has 6 aromatic rings. The molecule has 0 aliphatic carbocycles. The molecular weight excluding hydrogens is 856 g/mol. The summed E-state index contributed by atoms with van der Waals surface area (Å²) < 4.78 is 24.5. The summed E-state index contributed by atoms with van der Waals surface area (Å²) in [6.45, 7) is 9.94. The van der Waals surface area contributed by atoms with Gasteiger partial charge in [0, 0.05) is 48.9 Å². The molecule has 2 saturated heterocycles. The normalized spacial score (nSPS) is 13.3. The average Bonchev–Trinajstić information content (AvgIpc) is 3.34. The van der Waals surface area contributed by atoms with Crippen LogP contribution in [0, 0.1) is 5.82 Å². The van der Waals surface area contributed by atoms with Crippen molar-refractivity contribution in [3.05, 3.63) is 114 Å². The van der Waals surface area contributed by atoms with E-state index in [2.05, 4.69) is 40.1 Å². The molecule has 0 spiro atoms. The molecule has 2 aliphatic rings. The van der Waals surface area contributed by atoms with Crippen LogP contribution in [0.2, 0.25) is 0 Å². The summed E-state index contributed by atoms with van der Waals surface area (Å²) >= 11 is 0. The van der Waals surface area contributed by atoms with E-state index in [-0.39, 0.29) is 23.1 Å². The molecule has 18 heteroatoms. The van der Waals surface area contributed by atoms with Gasteiger partial charge in [-0.1, -0.05) is 42.5 Å². The Bertz CT molecular complexity index is 2640. The van der Waals surface area contributed by atoms with E-state index in [1.807, 2.05) is 80.3 Å². The number of primary amides is 3. The molecule has 17 nitrogen and oxygen atoms in total. The first-order valence-electron chi connectivity index (χ1n) is 22.3. The fourth-order valence-electron chi connectivity index (χ4n) is 7.32. The highest BCUT2D eigenvalue weighted by molar-refractivity contribution is 5.93. The number of ether oxygens (including phenoxy) is 2. The lowest BCUT2D eigenvalue weighted by molar-refractivity contribution is 0.0987. The third-order valence-electron chi connectivity index (χ3n) is 10.6. The van der Waals surface area contributed by atoms with Crippen LogP contribution in [0.4, 0.5) is 22.2 Å². The Balaban J connectivity index is 0.000000167. The van der Waals surface area contributed by atoms with Crippen molar-refractivity contribution in [2.45, 2.75) is 65.3 Å². The maximum absolute atomic E-state index is 13.7. The first-order chi connectivity index (χ1) is 32.3. The fourth-order valence-corrected chi connectivity index (χ4v) is 7.32. The number of amides is 3. The van der Waals surface area contributed by atoms with Crippen molar-refractivity contribution in [3.63, 3.8) is 0 Å². The molecule has 67 heavy (non-hydrogen) atoms. The third-order valence-corrected chi connectivity index (χ3v) is 10.6. The lowest BCUT2D eigenvalue weighted by Crippen LogP contribution is -2.31. The number of benzene rings is 3. The first kappa shape index (κ1) is 48.7. The third kappa shape index (κ3) is 13.6. The molecule has 0 bridgehead atoms. The van der Waals surface area contributed by atoms with Gasteiger partial charge in [0.25, 0.3) is 17.7 Å². The number of carbonyl (C=O) groups is 3. The predicted octanol–water partition coefficient (Wildman–Crippen LogP) is 7.07. The summed E-state index contributed by atoms with van der Waals surface area (Å²) in [5.41, 5.74) is 20.7. The standard InChI is InChI=1S/C18H22N4O2.C17H19FN4O2.C14H16N4O/c1-2-24-14-8-6-7-13(11-14)15-12-16(17(19)23)21-18(20-15)22-9-4-3-5-10-22;1-24-15-6-5-11(18)9-12(15)13-10-14(16(19)23)21-17(20-13)22-7-3-2-4-8-22;1-9(2)16-14-17-11(8-12(18-14)13(15)19)10-6-4-3-5-7-10/h6-8,11-12H,2-5,9-10H2,1H3,(H2,19,23);5-6,9-10H,2-4,7-8H2,1H3,(H2,19,23);3-9H,1-2H3,(H2,15,19)(H,16,17,18). The second-order valence-electron chi connectivity index (χ2n) is 16.0. The highest BCUT2D eigenvalue weighted by atomic mass is 19.1. The van der Waals surface area contributed by atoms with Crippen LogP contribution in [0.3, 0.4) is 0 Å². The molecule has 8 rings (SSSR count). The Morgan fingerprint density at radius 2 is 1.15 bits per heavy atom. The van der Waals surface area contributed by atoms with Crippen molar-refractivity contribution in [2.24, 2.45) is 17.2 Å². The lowest BCUT2D eigenvalue weighted by Gasteiger charge is -2.27. The Labute approximate surface area is 389 Å². The largest absolute Gasteiger partial charge is 0.496 e. The molecule has 0 saturated carbocycles. The Hall–Kier alpha value is -7.76. The smallest absolute Gasteiger partial charge is 0.267 e. The topological polar surface area (TPSA) is 244 Å². The quantitative estimate of drug-likeness (QED) is 0.0906. The van der Waals surface area contributed by atoms with Crippen molar-refractivity contribution in [1.29, 1.82) is 0 Å². The molecule has 0 atom stereocenters. The summed E-state index contributed by atoms with van der Waals surface area (Å²) in [5.74, 6) is 0.491. The van der Waals surface area contributed by atoms with Gasteiger partial charge in [0.15, 0.2) is 0 Å². The summed E-state index contributed by atoms with van der Waals surface area (Å²) in [6.07, 6.45) is 6.69. The summed E-state index contributed by atoms with van der Waals surface area (Å²) in [4.78, 5) is 65.1. The number of nitrogens with one attached hydrogen (secondary N) is 1. The SMILES string of the molecule is CC(C)Nc1nc(C(N)=O)cc(-c2ccccc2)n1.CCOc1cccc(-c2cc(C(N)=O)nc(N3CCCCC3)n2)c1.COc1ccc(F)cc1-c1cc(C(N)=O)nc(N2CCCCC2)n1. The van der Waals surface area contributed by atoms with Crippen LogP contribution in [0.15, 0.2) is 91.0 Å². The van der Waals surface area contributed by atoms with Gasteiger partial charge in [-0.25, -0.2) is 34.3 Å². The number of anilines is 3. The molecular formula is C49H57FN12O5. The summed E-state index contributed by atoms with van der Waals surface area (Å²) in [6, 6.07) is 26.3. The number of hydrogen-bond donors (Lipinski definition) is 4. The van der Waals surface area contributed by atoms with E-state index in [0.717, 1.165) is 75.2 Å². The Morgan fingerprint density at radius 3 is 1.69 bits per heavy atom. The number of hydrogen-bond acceptors (Lipinski definition) is 14. The van der Waals surface area contributed by atoms with Gasteiger partial charge in [0.05, 0.1) is 30.8 Å². The maximum Gasteiger partial charge on any atom is 0.267 e. The van der Waals surface area contributed by atoms with Crippen molar-refractivity contribution in [3.8, 4) is 45.3 Å². The van der Waals surface area contributed by atoms with Gasteiger partial charge in [0.2, 0.25) is 17.8 Å². The monoisotopic (exact) mass is 912 g/mol. The number of rotatable bonds is 13. The van der Waals surface area contributed by atoms with Crippen molar-refractivity contribution < 1.29 is 28.2 Å². The maximum atomic E-state index is 13.7. The molecule has 2 aliphatic heterocycles. The molecule has 2 fully saturated rings. The van der Waals surface area contributed by atoms with Gasteiger partial charge >= 0.3 is 0 Å². The van der Waals surface area contributed by atoms with E-state index in [1.54, 1.807) is 12.1 Å². The van der Waals surface area contributed by atoms with Crippen molar-refractivity contribution in [1.82, 2.24) is 29.9 Å². The van der Waals surface area contributed by atoms with Crippen LogP contribution in [0.1, 0.15) is 90.8 Å². The minimum Gasteiger partial charge on any atom is -0.496 e. The van der Waals surface area contributed by atoms with E-state index in [1.165, 1.54) is 37.8 Å². The molecule has 7 N–H and O–H groups in total. The van der Waals surface area contributed by atoms with Crippen molar-refractivity contribution >= 4 is 35.6 Å². The highest BCUT2D eigenvalue weighted by Crippen LogP contribution is 2.32. The zero-order valence-corrected chi connectivity index (χ0v) is 38.2. The number of aromatic nitrogens is 6. The minimum atomic E-state index is -0.646. The van der Waals surface area contributed by atoms with E-state index < -0.39 is 23.5 Å². The highest BCUT2D eigenvalue weighted by Gasteiger charge is 2.21. The molecule has 350 valence electrons. The molecule has 0 unspecified atom stereocenters. The zero-order chi connectivity index (χ0) is 47.9. The van der Waals surface area contributed by atoms with Gasteiger partial charge < -0.3 is 41.8 Å². The minimum absolute atomic E-state index is 0.104. The number of carbonyl (C=O) groups excluding carboxylic acids is 3. The van der Waals surface area contributed by atoms with E-state index in [0.29, 0.717) is 52.8 Å². The number of nitrogens with zero attached hydrogens (tertiary/aromatic N) is 8. The zero-order valence-electron chi connectivity index (χ0n) is 38.2. The Kier molecular flexibility index (Phi) is 17.0. The van der Waals surface area contributed by atoms with Crippen LogP contribution < -0.4 is 41.8 Å². The molecule has 3 aromatic heterocycles. The number of nitrogens with two attached hydrogens (primary N) is 3. The predicted molar refractivity (Wildman–Crippen MR) is 257 cm³/mol. The van der Waals surface area contributed by atoms with Crippen molar-refractivity contribution in [2.75, 3.05) is 55.0 Å². The van der Waals surface area contributed by atoms with E-state index in [4.69, 9.17) is 26.7 Å². The van der Waals surface area contributed by atoms with Gasteiger partial charge in [-0.15, -0.1) is 0 Å². The molecule has 5 heterocycles. The van der Waals surface area contributed by atoms with Gasteiger partial charge in [-0.2, -0.15) is 0 Å². The first-order valence-corrected chi connectivity index (χ1v) is 22.3. The van der Waals surface area contributed by atoms with Gasteiger partial charge in [-0.05, 0) is 108 Å². The van der Waals surface area contributed by atoms with E-state index >= 15 is 0 Å². The van der Waals surface area contributed by atoms with Gasteiger partial charge in [0.1, 0.15) is 34.4 Å². The number of piperidine rings is 2. The van der Waals surface area contributed by atoms with Crippen LogP contribution in [0.25, 0.3) is 33.8 Å². The molecule has 3 amide bonds. The lowest BCUT2D eigenvalue weighted by atomic mass is 10.1. The number of halogens is 1. The summed E-state index contributed by atoms with van der Waals surface area (Å²) in [5, 5.41) is 3.08. The van der Waals surface area contributed by atoms with Crippen LogP contribution in [-0.2, 0) is 0 Å². The summed E-state index contributed by atoms with van der Waals surface area (Å²) in [7, 11) is 1.50. The van der Waals surface area contributed by atoms with Gasteiger partial charge in [-0.3, -0.25) is 14.4 Å². The number of methoxy groups -OCH3 is 1. The van der Waals surface area contributed by atoms with Crippen LogP contribution >= 0.6 is 0 Å². The fraction of sp³-hybridized carbons (Fsp3) is 0.327. The van der Waals surface area contributed by atoms with E-state index in [9.17, 15) is 18.8 Å². The second-order valence-corrected chi connectivity index (χ2v) is 16.0. The second kappa shape index (κ2) is 23.4. The molecule has 0 radical (unpaired) electrons. The Morgan fingerprint density at radius 1 is 0.627 bits per heavy atom.